The van der Waals surface area contributed by atoms with Gasteiger partial charge in [-0.1, -0.05) is 0 Å². The first-order valence-electron chi connectivity index (χ1n) is 4.52. The van der Waals surface area contributed by atoms with Gasteiger partial charge in [-0.15, -0.1) is 0 Å². The van der Waals surface area contributed by atoms with Crippen molar-refractivity contribution in [3.63, 3.8) is 0 Å². The molecular weight excluding hydrogens is 216 g/mol. The molecule has 1 rings (SSSR count). The minimum atomic E-state index is -1.03. The lowest BCUT2D eigenvalue weighted by Gasteiger charge is -2.12. The summed E-state index contributed by atoms with van der Waals surface area (Å²) in [4.78, 5) is 44.2. The van der Waals surface area contributed by atoms with Crippen molar-refractivity contribution < 1.29 is 24.3 Å². The normalized spacial score (nSPS) is 14.4. The van der Waals surface area contributed by atoms with Crippen molar-refractivity contribution in [3.8, 4) is 0 Å². The number of carbonyl (C=O) groups excluding carboxylic acids is 3. The van der Waals surface area contributed by atoms with Crippen LogP contribution in [0.2, 0.25) is 0 Å². The molecule has 1 aliphatic heterocycles. The second-order valence-electron chi connectivity index (χ2n) is 3.09. The van der Waals surface area contributed by atoms with E-state index in [0.717, 1.165) is 17.1 Å². The first-order valence-corrected chi connectivity index (χ1v) is 4.52. The minimum Gasteiger partial charge on any atom is -0.481 e. The molecule has 16 heavy (non-hydrogen) atoms. The number of aliphatic carboxylic acids is 1. The van der Waals surface area contributed by atoms with Crippen LogP contribution in [0.1, 0.15) is 6.42 Å². The lowest BCUT2D eigenvalue weighted by Crippen LogP contribution is -2.40. The quantitative estimate of drug-likeness (QED) is 0.555. The minimum absolute atomic E-state index is 0.0299. The molecule has 0 saturated carbocycles. The Morgan fingerprint density at radius 1 is 1.25 bits per heavy atom. The van der Waals surface area contributed by atoms with E-state index in [1.165, 1.54) is 0 Å². The van der Waals surface area contributed by atoms with E-state index in [4.69, 9.17) is 5.11 Å². The van der Waals surface area contributed by atoms with Crippen molar-refractivity contribution in [2.75, 3.05) is 13.1 Å². The zero-order valence-corrected chi connectivity index (χ0v) is 8.30. The number of carboxylic acids is 1. The lowest BCUT2D eigenvalue weighted by atomic mass is 10.4. The average Bonchev–Trinajstić information content (AvgIpc) is 2.49. The van der Waals surface area contributed by atoms with Gasteiger partial charge in [0.25, 0.3) is 11.8 Å². The van der Waals surface area contributed by atoms with Gasteiger partial charge in [0.15, 0.2) is 0 Å². The van der Waals surface area contributed by atoms with Gasteiger partial charge in [0.2, 0.25) is 5.91 Å². The Morgan fingerprint density at radius 3 is 2.31 bits per heavy atom. The first-order chi connectivity index (χ1) is 7.50. The SMILES string of the molecule is O=C(O)CCNC(=O)CN1C(=O)C=CC1=O. The molecule has 0 bridgehead atoms. The van der Waals surface area contributed by atoms with Crippen LogP contribution < -0.4 is 5.32 Å². The summed E-state index contributed by atoms with van der Waals surface area (Å²) in [6.07, 6.45) is 1.95. The zero-order chi connectivity index (χ0) is 12.1. The molecule has 7 heteroatoms. The van der Waals surface area contributed by atoms with Crippen LogP contribution in [-0.2, 0) is 19.2 Å². The fourth-order valence-electron chi connectivity index (χ4n) is 1.10. The molecule has 0 aliphatic carbocycles. The third-order valence-electron chi connectivity index (χ3n) is 1.86. The highest BCUT2D eigenvalue weighted by atomic mass is 16.4. The molecule has 0 aromatic carbocycles. The summed E-state index contributed by atoms with van der Waals surface area (Å²) in [5.74, 6) is -2.68. The second kappa shape index (κ2) is 5.06. The first kappa shape index (κ1) is 11.9. The van der Waals surface area contributed by atoms with Gasteiger partial charge in [0.1, 0.15) is 6.54 Å². The highest BCUT2D eigenvalue weighted by Crippen LogP contribution is 2.02. The molecule has 0 saturated heterocycles. The number of hydrogen-bond acceptors (Lipinski definition) is 4. The zero-order valence-electron chi connectivity index (χ0n) is 8.30. The Kier molecular flexibility index (Phi) is 3.76. The van der Waals surface area contributed by atoms with E-state index in [0.29, 0.717) is 0 Å². The molecule has 0 fully saturated rings. The molecule has 86 valence electrons. The molecule has 2 N–H and O–H groups in total. The fraction of sp³-hybridized carbons (Fsp3) is 0.333. The van der Waals surface area contributed by atoms with Crippen LogP contribution in [0, 0.1) is 0 Å². The third-order valence-corrected chi connectivity index (χ3v) is 1.86. The summed E-state index contributed by atoms with van der Waals surface area (Å²) in [5.41, 5.74) is 0. The lowest BCUT2D eigenvalue weighted by molar-refractivity contribution is -0.141. The van der Waals surface area contributed by atoms with Gasteiger partial charge in [0, 0.05) is 18.7 Å². The van der Waals surface area contributed by atoms with E-state index in [9.17, 15) is 19.2 Å². The smallest absolute Gasteiger partial charge is 0.305 e. The average molecular weight is 226 g/mol. The van der Waals surface area contributed by atoms with Crippen molar-refractivity contribution in [2.24, 2.45) is 0 Å². The Balaban J connectivity index is 2.32. The Bertz CT molecular complexity index is 356. The highest BCUT2D eigenvalue weighted by molar-refractivity contribution is 6.14. The van der Waals surface area contributed by atoms with E-state index in [2.05, 4.69) is 5.32 Å². The maximum absolute atomic E-state index is 11.2. The molecule has 1 aliphatic rings. The molecule has 0 unspecified atom stereocenters. The topological polar surface area (TPSA) is 104 Å². The number of carboxylic acid groups (broad SMARTS) is 1. The Morgan fingerprint density at radius 2 is 1.81 bits per heavy atom. The Hall–Kier alpha value is -2.18. The van der Waals surface area contributed by atoms with E-state index in [1.807, 2.05) is 0 Å². The van der Waals surface area contributed by atoms with Crippen LogP contribution in [0.5, 0.6) is 0 Å². The van der Waals surface area contributed by atoms with E-state index < -0.39 is 23.7 Å². The van der Waals surface area contributed by atoms with Gasteiger partial charge >= 0.3 is 5.97 Å². The predicted molar refractivity (Wildman–Crippen MR) is 51.1 cm³/mol. The molecular formula is C9H10N2O5. The predicted octanol–water partition coefficient (Wildman–Crippen LogP) is -1.50. The molecule has 0 atom stereocenters. The molecule has 0 aromatic heterocycles. The van der Waals surface area contributed by atoms with Crippen molar-refractivity contribution in [1.29, 1.82) is 0 Å². The fourth-order valence-corrected chi connectivity index (χ4v) is 1.10. The summed E-state index contributed by atoms with van der Waals surface area (Å²) < 4.78 is 0. The number of hydrogen-bond donors (Lipinski definition) is 2. The number of nitrogens with zero attached hydrogens (tertiary/aromatic N) is 1. The standard InChI is InChI=1S/C9H10N2O5/c12-6(10-4-3-9(15)16)5-11-7(13)1-2-8(11)14/h1-2H,3-5H2,(H,10,12)(H,15,16). The van der Waals surface area contributed by atoms with Crippen LogP contribution in [-0.4, -0.2) is 46.8 Å². The van der Waals surface area contributed by atoms with Gasteiger partial charge in [0.05, 0.1) is 6.42 Å². The second-order valence-corrected chi connectivity index (χ2v) is 3.09. The van der Waals surface area contributed by atoms with Gasteiger partial charge in [-0.3, -0.25) is 24.1 Å². The number of carbonyl (C=O) groups is 4. The number of imide groups is 1. The largest absolute Gasteiger partial charge is 0.481 e. The summed E-state index contributed by atoms with van der Waals surface area (Å²) >= 11 is 0. The third kappa shape index (κ3) is 3.19. The van der Waals surface area contributed by atoms with Crippen LogP contribution >= 0.6 is 0 Å². The monoisotopic (exact) mass is 226 g/mol. The Labute approximate surface area is 90.7 Å². The summed E-state index contributed by atoms with van der Waals surface area (Å²) in [6.45, 7) is -0.415. The van der Waals surface area contributed by atoms with Gasteiger partial charge in [-0.05, 0) is 0 Å². The molecule has 0 spiro atoms. The van der Waals surface area contributed by atoms with Gasteiger partial charge < -0.3 is 10.4 Å². The summed E-state index contributed by atoms with van der Waals surface area (Å²) in [5, 5.41) is 10.6. The van der Waals surface area contributed by atoms with Crippen molar-refractivity contribution >= 4 is 23.7 Å². The highest BCUT2D eigenvalue weighted by Gasteiger charge is 2.25. The van der Waals surface area contributed by atoms with Gasteiger partial charge in [-0.2, -0.15) is 0 Å². The van der Waals surface area contributed by atoms with Gasteiger partial charge in [-0.25, -0.2) is 0 Å². The van der Waals surface area contributed by atoms with E-state index in [1.54, 1.807) is 0 Å². The van der Waals surface area contributed by atoms with Crippen molar-refractivity contribution in [1.82, 2.24) is 10.2 Å². The van der Waals surface area contributed by atoms with Crippen LogP contribution in [0.4, 0.5) is 0 Å². The molecule has 0 radical (unpaired) electrons. The number of rotatable bonds is 5. The summed E-state index contributed by atoms with van der Waals surface area (Å²) in [7, 11) is 0. The maximum atomic E-state index is 11.2. The number of nitrogens with one attached hydrogen (secondary N) is 1. The van der Waals surface area contributed by atoms with Crippen LogP contribution in [0.3, 0.4) is 0 Å². The molecule has 0 aromatic rings. The van der Waals surface area contributed by atoms with Crippen LogP contribution in [0.15, 0.2) is 12.2 Å². The molecule has 7 nitrogen and oxygen atoms in total. The van der Waals surface area contributed by atoms with Crippen molar-refractivity contribution in [2.45, 2.75) is 6.42 Å². The maximum Gasteiger partial charge on any atom is 0.305 e. The summed E-state index contributed by atoms with van der Waals surface area (Å²) in [6, 6.07) is 0. The number of amides is 3. The van der Waals surface area contributed by atoms with Crippen LogP contribution in [0.25, 0.3) is 0 Å². The van der Waals surface area contributed by atoms with E-state index >= 15 is 0 Å². The molecule has 3 amide bonds. The van der Waals surface area contributed by atoms with E-state index in [-0.39, 0.29) is 19.5 Å². The van der Waals surface area contributed by atoms with Crippen molar-refractivity contribution in [3.05, 3.63) is 12.2 Å². The molecule has 1 heterocycles.